The summed E-state index contributed by atoms with van der Waals surface area (Å²) in [5, 5.41) is 1.20. The molecule has 116 heavy (non-hydrogen) atoms. The Morgan fingerprint density at radius 3 is 0.853 bits per heavy atom. The number of rotatable bonds is 31. The number of carbonyl (C=O) groups is 11. The smallest absolute Gasteiger partial charge is 0.240 e. The molecule has 4 heterocycles. The fourth-order valence-corrected chi connectivity index (χ4v) is 22.4. The second kappa shape index (κ2) is 34.3. The number of nitrogens with two attached hydrogens (primary N) is 1. The lowest BCUT2D eigenvalue weighted by molar-refractivity contribution is -0.144. The quantitative estimate of drug-likeness (QED) is 0.0367. The fraction of sp³-hybridized carbons (Fsp3) is 0.774. The van der Waals surface area contributed by atoms with Crippen LogP contribution in [-0.4, -0.2) is 190 Å². The van der Waals surface area contributed by atoms with Gasteiger partial charge >= 0.3 is 0 Å². The molecule has 4 aliphatic heterocycles. The first kappa shape index (κ1) is 93.5. The van der Waals surface area contributed by atoms with Crippen molar-refractivity contribution in [1.29, 1.82) is 0 Å². The molecule has 0 bridgehead atoms. The predicted octanol–water partition coefficient (Wildman–Crippen LogP) is 7.43. The summed E-state index contributed by atoms with van der Waals surface area (Å²) in [6.07, 6.45) is 14.8. The first-order chi connectivity index (χ1) is 53.5. The molecular formula is C84H131N9O19S4. The maximum atomic E-state index is 13.4. The molecule has 0 radical (unpaired) electrons. The van der Waals surface area contributed by atoms with Gasteiger partial charge in [0.2, 0.25) is 81.4 Å². The number of Topliss-reactive ketones (excluding diaryl/α,β-unsaturated/α-hetero) is 4. The van der Waals surface area contributed by atoms with Crippen LogP contribution in [0.2, 0.25) is 0 Å². The van der Waals surface area contributed by atoms with Crippen molar-refractivity contribution < 1.29 is 86.4 Å². The molecule has 12 aliphatic rings. The van der Waals surface area contributed by atoms with Crippen molar-refractivity contribution in [3.63, 3.8) is 0 Å². The van der Waals surface area contributed by atoms with Crippen LogP contribution < -0.4 is 29.9 Å². The van der Waals surface area contributed by atoms with Gasteiger partial charge in [-0.25, -0.2) is 33.7 Å². The molecule has 12 rings (SSSR count). The number of ketones is 4. The van der Waals surface area contributed by atoms with Gasteiger partial charge in [0.25, 0.3) is 0 Å². The Balaban J connectivity index is 0.000000178. The average Bonchev–Trinajstić information content (AvgIpc) is 1.59. The SMILES string of the molecule is C=CC1CC1(CC(=O)[C@@H]1C[C@@H](C)CN1)C(=O)NS(=O)(=O)C1CC1.C=CC1CC1(CC(=O)[C@@H]1C[C@@H](C)CN1C(=O)[C@@H](C)C(C)(C)C)C(=O)NS(=O)(=O)C1CC1.C=CC1CC1(CC(=O)[C@@H]1C[C@@H](C)CN1C(=O)[C@@H](C)C(C)(C)C)C(=O)NS(=O)(=O)C1CC1.C=C[C@@H]1C[C@]1(CC(=O)[C@@H]1C[C@@H](N)CN1C(=O)[C@@H](C)C(C)(C)C)C(=O)NS(=O)(=O)C1CC1. The number of carbonyl (C=O) groups excluding carboxylic acids is 11. The third-order valence-corrected chi connectivity index (χ3v) is 34.6. The minimum atomic E-state index is -3.71. The van der Waals surface area contributed by atoms with Gasteiger partial charge in [0.1, 0.15) is 0 Å². The molecule has 19 atom stereocenters. The van der Waals surface area contributed by atoms with Gasteiger partial charge in [0, 0.05) is 69.1 Å². The van der Waals surface area contributed by atoms with E-state index in [0.29, 0.717) is 122 Å². The monoisotopic (exact) mass is 1700 g/mol. The largest absolute Gasteiger partial charge is 0.332 e. The average molecular weight is 1700 g/mol. The first-order valence-corrected chi connectivity index (χ1v) is 47.9. The molecule has 32 heteroatoms. The van der Waals surface area contributed by atoms with E-state index < -0.39 is 125 Å². The van der Waals surface area contributed by atoms with Gasteiger partial charge in [-0.15, -0.1) is 26.3 Å². The van der Waals surface area contributed by atoms with Crippen molar-refractivity contribution in [3.8, 4) is 0 Å². The van der Waals surface area contributed by atoms with Crippen LogP contribution in [0.3, 0.4) is 0 Å². The lowest BCUT2D eigenvalue weighted by Crippen LogP contribution is -2.47. The van der Waals surface area contributed by atoms with Crippen LogP contribution in [-0.2, 0) is 92.8 Å². The number of nitrogens with zero attached hydrogens (tertiary/aromatic N) is 3. The van der Waals surface area contributed by atoms with E-state index in [1.807, 2.05) is 96.9 Å². The highest BCUT2D eigenvalue weighted by Gasteiger charge is 2.66. The second-order valence-corrected chi connectivity index (χ2v) is 47.7. The highest BCUT2D eigenvalue weighted by molar-refractivity contribution is 7.91. The van der Waals surface area contributed by atoms with Crippen LogP contribution in [0, 0.1) is 97.1 Å². The summed E-state index contributed by atoms with van der Waals surface area (Å²) >= 11 is 0. The molecular weight excluding hydrogens is 1570 g/mol. The topological polar surface area (TPSA) is 420 Å². The van der Waals surface area contributed by atoms with Crippen molar-refractivity contribution in [2.45, 2.75) is 283 Å². The van der Waals surface area contributed by atoms with E-state index in [2.05, 4.69) is 57.4 Å². The Morgan fingerprint density at radius 1 is 0.397 bits per heavy atom. The third-order valence-electron chi connectivity index (χ3n) is 27.3. The summed E-state index contributed by atoms with van der Waals surface area (Å²) in [7, 11) is -14.7. The van der Waals surface area contributed by atoms with E-state index in [1.165, 1.54) is 0 Å². The number of sulfonamides is 4. The van der Waals surface area contributed by atoms with Gasteiger partial charge < -0.3 is 25.8 Å². The standard InChI is InChI=1S/2C23H36N2O5S.C22H35N3O5S.C16H24N2O4S/c2*1-7-16-11-23(16,21(28)24-31(29,30)17-8-9-17)12-19(26)18-10-14(2)13-25(18)20(27)15(3)22(4,5)6;1-6-14-10-22(14,20(28)24-31(29,30)16-7-8-16)11-18(26)17-9-15(23)12-25(17)19(27)13(2)21(3,4)5;1-3-11-7-16(11,8-14(19)13-6-10(2)9-17-13)15(20)18-23(21,22)12-4-5-12/h2*7,14-18H,1,8-13H2,2-6H3,(H,24,28);6,13-17H,1,7-12,23H2,2-5H3,(H,24,28);3,10-13,17H,1,4-9H2,2H3,(H,18,20)/t2*14-,15-,16?,18+,23?;13-,14-,15-,17+,22-;10-,11?,13+,16?/m1111/s1. The third kappa shape index (κ3) is 21.1. The molecule has 8 saturated carbocycles. The van der Waals surface area contributed by atoms with E-state index in [4.69, 9.17) is 5.73 Å². The Morgan fingerprint density at radius 2 is 0.638 bits per heavy atom. The highest BCUT2D eigenvalue weighted by atomic mass is 32.2. The van der Waals surface area contributed by atoms with Gasteiger partial charge in [-0.05, 0) is 167 Å². The van der Waals surface area contributed by atoms with Gasteiger partial charge in [-0.2, -0.15) is 0 Å². The molecule has 6 unspecified atom stereocenters. The van der Waals surface area contributed by atoms with Crippen LogP contribution >= 0.6 is 0 Å². The van der Waals surface area contributed by atoms with Crippen LogP contribution in [0.4, 0.5) is 0 Å². The number of likely N-dealkylation sites (tertiary alicyclic amines) is 3. The normalized spacial score (nSPS) is 32.7. The van der Waals surface area contributed by atoms with Gasteiger partial charge in [0.05, 0.1) is 66.8 Å². The summed E-state index contributed by atoms with van der Waals surface area (Å²) in [6, 6.07) is -2.35. The molecule has 7 amide bonds. The molecule has 28 nitrogen and oxygen atoms in total. The number of amides is 7. The summed E-state index contributed by atoms with van der Waals surface area (Å²) < 4.78 is 106. The Bertz CT molecular complexity index is 4050. The van der Waals surface area contributed by atoms with E-state index in [9.17, 15) is 86.4 Å². The summed E-state index contributed by atoms with van der Waals surface area (Å²) in [4.78, 5) is 148. The fourth-order valence-electron chi connectivity index (χ4n) is 16.9. The lowest BCUT2D eigenvalue weighted by atomic mass is 9.81. The van der Waals surface area contributed by atoms with Crippen LogP contribution in [0.15, 0.2) is 50.6 Å². The van der Waals surface area contributed by atoms with Crippen LogP contribution in [0.5, 0.6) is 0 Å². The molecule has 0 spiro atoms. The van der Waals surface area contributed by atoms with Crippen molar-refractivity contribution in [1.82, 2.24) is 38.9 Å². The number of allylic oxidation sites excluding steroid dienone is 4. The van der Waals surface area contributed by atoms with E-state index >= 15 is 0 Å². The van der Waals surface area contributed by atoms with E-state index in [1.54, 1.807) is 39.0 Å². The molecule has 0 aromatic heterocycles. The molecule has 12 fully saturated rings. The van der Waals surface area contributed by atoms with Crippen molar-refractivity contribution in [2.24, 2.45) is 103 Å². The number of nitrogens with one attached hydrogen (secondary N) is 5. The molecule has 7 N–H and O–H groups in total. The molecule has 4 saturated heterocycles. The zero-order valence-electron chi connectivity index (χ0n) is 70.9. The highest BCUT2D eigenvalue weighted by Crippen LogP contribution is 2.60. The van der Waals surface area contributed by atoms with Crippen molar-refractivity contribution >= 4 is 105 Å². The minimum absolute atomic E-state index is 0.00216. The van der Waals surface area contributed by atoms with Gasteiger partial charge in [0.15, 0.2) is 23.1 Å². The molecule has 8 aliphatic carbocycles. The predicted molar refractivity (Wildman–Crippen MR) is 440 cm³/mol. The maximum Gasteiger partial charge on any atom is 0.240 e. The van der Waals surface area contributed by atoms with Crippen LogP contribution in [0.25, 0.3) is 0 Å². The van der Waals surface area contributed by atoms with Crippen molar-refractivity contribution in [3.05, 3.63) is 50.6 Å². The van der Waals surface area contributed by atoms with E-state index in [-0.39, 0.29) is 148 Å². The second-order valence-electron chi connectivity index (χ2n) is 39.8. The van der Waals surface area contributed by atoms with E-state index in [0.717, 1.165) is 13.0 Å². The Labute approximate surface area is 688 Å². The minimum Gasteiger partial charge on any atom is -0.332 e. The zero-order chi connectivity index (χ0) is 86.9. The summed E-state index contributed by atoms with van der Waals surface area (Å²) in [5.41, 5.74) is 1.21. The number of hydrogen-bond donors (Lipinski definition) is 6. The molecule has 650 valence electrons. The lowest BCUT2D eigenvalue weighted by Gasteiger charge is -2.33. The Hall–Kier alpha value is -6.35. The maximum absolute atomic E-state index is 13.4. The molecule has 0 aromatic carbocycles. The zero-order valence-corrected chi connectivity index (χ0v) is 74.2. The molecule has 0 aromatic rings. The Kier molecular flexibility index (Phi) is 27.6. The van der Waals surface area contributed by atoms with Gasteiger partial charge in [-0.1, -0.05) is 128 Å². The van der Waals surface area contributed by atoms with Crippen molar-refractivity contribution in [2.75, 3.05) is 26.2 Å². The number of hydrogen-bond acceptors (Lipinski definition) is 21. The van der Waals surface area contributed by atoms with Crippen LogP contribution in [0.1, 0.15) is 232 Å². The van der Waals surface area contributed by atoms with Gasteiger partial charge in [-0.3, -0.25) is 71.6 Å². The summed E-state index contributed by atoms with van der Waals surface area (Å²) in [6.45, 7) is 46.8. The summed E-state index contributed by atoms with van der Waals surface area (Å²) in [5.74, 6) is -3.97. The first-order valence-electron chi connectivity index (χ1n) is 41.7.